The fourth-order valence-corrected chi connectivity index (χ4v) is 5.11. The Hall–Kier alpha value is -3.81. The lowest BCUT2D eigenvalue weighted by Gasteiger charge is -2.25. The summed E-state index contributed by atoms with van der Waals surface area (Å²) in [4.78, 5) is 7.77. The summed E-state index contributed by atoms with van der Waals surface area (Å²) in [6.45, 7) is 1.80. The summed E-state index contributed by atoms with van der Waals surface area (Å²) in [5.74, 6) is 0. The first-order chi connectivity index (χ1) is 19.3. The Morgan fingerprint density at radius 1 is 0.667 bits per heavy atom. The van der Waals surface area contributed by atoms with Crippen LogP contribution in [-0.2, 0) is 38.8 Å². The van der Waals surface area contributed by atoms with Gasteiger partial charge in [-0.25, -0.2) is 4.98 Å². The SMILES string of the molecule is c1ccc(COC[C@H]2O[C@@H](c3c[nH]c4ncccc34)[C@@H](OCc3ccccc3)[C@@H]2OCc2ccccc2)cc1. The molecule has 0 amide bonds. The average Bonchev–Trinajstić information content (AvgIpc) is 3.57. The molecule has 39 heavy (non-hydrogen) atoms. The zero-order chi connectivity index (χ0) is 26.3. The maximum atomic E-state index is 6.73. The highest BCUT2D eigenvalue weighted by Crippen LogP contribution is 2.40. The van der Waals surface area contributed by atoms with Crippen molar-refractivity contribution < 1.29 is 18.9 Å². The number of nitrogens with one attached hydrogen (secondary N) is 1. The number of pyridine rings is 1. The van der Waals surface area contributed by atoms with Crippen molar-refractivity contribution in [3.8, 4) is 0 Å². The van der Waals surface area contributed by atoms with Crippen molar-refractivity contribution >= 4 is 11.0 Å². The van der Waals surface area contributed by atoms with Crippen molar-refractivity contribution in [3.63, 3.8) is 0 Å². The Labute approximate surface area is 228 Å². The minimum absolute atomic E-state index is 0.315. The van der Waals surface area contributed by atoms with Crippen LogP contribution in [0.4, 0.5) is 0 Å². The summed E-state index contributed by atoms with van der Waals surface area (Å²) < 4.78 is 26.1. The molecular weight excluding hydrogens is 488 g/mol. The second kappa shape index (κ2) is 12.4. The molecule has 1 aliphatic rings. The van der Waals surface area contributed by atoms with Crippen LogP contribution in [0.1, 0.15) is 28.4 Å². The van der Waals surface area contributed by atoms with Gasteiger partial charge in [0.25, 0.3) is 0 Å². The number of benzene rings is 3. The lowest BCUT2D eigenvalue weighted by molar-refractivity contribution is -0.0898. The van der Waals surface area contributed by atoms with E-state index in [0.717, 1.165) is 33.3 Å². The van der Waals surface area contributed by atoms with Gasteiger partial charge >= 0.3 is 0 Å². The van der Waals surface area contributed by atoms with Crippen LogP contribution in [0.15, 0.2) is 116 Å². The van der Waals surface area contributed by atoms with Crippen molar-refractivity contribution in [1.82, 2.24) is 9.97 Å². The maximum absolute atomic E-state index is 6.73. The van der Waals surface area contributed by atoms with Crippen molar-refractivity contribution in [2.45, 2.75) is 44.2 Å². The summed E-state index contributed by atoms with van der Waals surface area (Å²) in [5, 5.41) is 1.02. The monoisotopic (exact) mass is 520 g/mol. The first-order valence-electron chi connectivity index (χ1n) is 13.4. The van der Waals surface area contributed by atoms with E-state index in [1.54, 1.807) is 6.20 Å². The molecule has 5 aromatic rings. The van der Waals surface area contributed by atoms with Gasteiger partial charge in [-0.05, 0) is 28.8 Å². The Morgan fingerprint density at radius 2 is 1.26 bits per heavy atom. The van der Waals surface area contributed by atoms with Gasteiger partial charge in [0.2, 0.25) is 0 Å². The van der Waals surface area contributed by atoms with E-state index in [9.17, 15) is 0 Å². The predicted octanol–water partition coefficient (Wildman–Crippen LogP) is 6.39. The zero-order valence-electron chi connectivity index (χ0n) is 21.7. The van der Waals surface area contributed by atoms with Gasteiger partial charge in [0.05, 0.1) is 26.4 Å². The molecule has 0 spiro atoms. The Balaban J connectivity index is 1.28. The van der Waals surface area contributed by atoms with Crippen LogP contribution in [0.25, 0.3) is 11.0 Å². The quantitative estimate of drug-likeness (QED) is 0.219. The van der Waals surface area contributed by atoms with Crippen molar-refractivity contribution in [3.05, 3.63) is 138 Å². The third-order valence-electron chi connectivity index (χ3n) is 7.06. The molecular formula is C33H32N2O4. The Morgan fingerprint density at radius 3 is 1.90 bits per heavy atom. The fraction of sp³-hybridized carbons (Fsp3) is 0.242. The highest BCUT2D eigenvalue weighted by molar-refractivity contribution is 5.80. The summed E-state index contributed by atoms with van der Waals surface area (Å²) in [6.07, 6.45) is 2.41. The molecule has 3 aromatic carbocycles. The van der Waals surface area contributed by atoms with E-state index in [-0.39, 0.29) is 24.4 Å². The second-order valence-corrected chi connectivity index (χ2v) is 9.76. The molecule has 0 aliphatic carbocycles. The smallest absolute Gasteiger partial charge is 0.137 e. The second-order valence-electron chi connectivity index (χ2n) is 9.76. The van der Waals surface area contributed by atoms with Gasteiger partial charge in [-0.1, -0.05) is 91.0 Å². The third-order valence-corrected chi connectivity index (χ3v) is 7.06. The van der Waals surface area contributed by atoms with Crippen LogP contribution in [0, 0.1) is 0 Å². The van der Waals surface area contributed by atoms with Crippen LogP contribution < -0.4 is 0 Å². The minimum atomic E-state index is -0.349. The van der Waals surface area contributed by atoms with E-state index in [1.807, 2.05) is 66.9 Å². The largest absolute Gasteiger partial charge is 0.374 e. The van der Waals surface area contributed by atoms with Crippen LogP contribution in [0.2, 0.25) is 0 Å². The van der Waals surface area contributed by atoms with E-state index in [4.69, 9.17) is 18.9 Å². The molecule has 0 bridgehead atoms. The first-order valence-corrected chi connectivity index (χ1v) is 13.4. The van der Waals surface area contributed by atoms with E-state index in [1.165, 1.54) is 0 Å². The van der Waals surface area contributed by atoms with Crippen molar-refractivity contribution in [1.29, 1.82) is 0 Å². The number of rotatable bonds is 11. The number of H-pyrrole nitrogens is 1. The molecule has 6 rings (SSSR count). The Kier molecular flexibility index (Phi) is 8.07. The predicted molar refractivity (Wildman–Crippen MR) is 150 cm³/mol. The molecule has 1 aliphatic heterocycles. The Bertz CT molecular complexity index is 1440. The van der Waals surface area contributed by atoms with Crippen LogP contribution in [0.3, 0.4) is 0 Å². The zero-order valence-corrected chi connectivity index (χ0v) is 21.7. The molecule has 198 valence electrons. The van der Waals surface area contributed by atoms with E-state index in [0.29, 0.717) is 26.4 Å². The molecule has 6 heteroatoms. The van der Waals surface area contributed by atoms with Gasteiger partial charge in [-0.2, -0.15) is 0 Å². The lowest BCUT2D eigenvalue weighted by Crippen LogP contribution is -2.37. The number of hydrogen-bond donors (Lipinski definition) is 1. The summed E-state index contributed by atoms with van der Waals surface area (Å²) in [5.41, 5.74) is 5.15. The van der Waals surface area contributed by atoms with E-state index >= 15 is 0 Å². The summed E-state index contributed by atoms with van der Waals surface area (Å²) >= 11 is 0. The van der Waals surface area contributed by atoms with Crippen LogP contribution in [-0.4, -0.2) is 34.9 Å². The molecule has 1 N–H and O–H groups in total. The van der Waals surface area contributed by atoms with Gasteiger partial charge in [0.15, 0.2) is 0 Å². The first kappa shape index (κ1) is 25.5. The van der Waals surface area contributed by atoms with Gasteiger partial charge in [-0.3, -0.25) is 0 Å². The molecule has 0 unspecified atom stereocenters. The molecule has 2 aromatic heterocycles. The summed E-state index contributed by atoms with van der Waals surface area (Å²) in [7, 11) is 0. The van der Waals surface area contributed by atoms with Crippen LogP contribution in [0.5, 0.6) is 0 Å². The molecule has 3 heterocycles. The highest BCUT2D eigenvalue weighted by Gasteiger charge is 2.47. The van der Waals surface area contributed by atoms with Crippen LogP contribution >= 0.6 is 0 Å². The average molecular weight is 521 g/mol. The number of aromatic nitrogens is 2. The maximum Gasteiger partial charge on any atom is 0.137 e. The van der Waals surface area contributed by atoms with E-state index in [2.05, 4.69) is 52.4 Å². The molecule has 1 saturated heterocycles. The lowest BCUT2D eigenvalue weighted by atomic mass is 10.0. The highest BCUT2D eigenvalue weighted by atomic mass is 16.6. The third kappa shape index (κ3) is 6.10. The molecule has 4 atom stereocenters. The number of aromatic amines is 1. The number of ether oxygens (including phenoxy) is 4. The van der Waals surface area contributed by atoms with E-state index < -0.39 is 0 Å². The fourth-order valence-electron chi connectivity index (χ4n) is 5.11. The van der Waals surface area contributed by atoms with Gasteiger partial charge in [0.1, 0.15) is 30.1 Å². The standard InChI is InChI=1S/C33H32N2O4/c1-4-11-24(12-5-1)20-36-23-29-31(37-21-25-13-6-2-7-14-25)32(38-22-26-15-8-3-9-16-26)30(39-29)28-19-35-33-27(28)17-10-18-34-33/h1-19,29-32H,20-23H2,(H,34,35)/t29-,30+,31-,32-/m1/s1. The summed E-state index contributed by atoms with van der Waals surface area (Å²) in [6, 6.07) is 34.6. The molecule has 6 nitrogen and oxygen atoms in total. The topological polar surface area (TPSA) is 65.6 Å². The van der Waals surface area contributed by atoms with Crippen molar-refractivity contribution in [2.75, 3.05) is 6.61 Å². The van der Waals surface area contributed by atoms with Gasteiger partial charge in [-0.15, -0.1) is 0 Å². The minimum Gasteiger partial charge on any atom is -0.374 e. The van der Waals surface area contributed by atoms with Gasteiger partial charge in [0, 0.05) is 23.3 Å². The van der Waals surface area contributed by atoms with Gasteiger partial charge < -0.3 is 23.9 Å². The number of nitrogens with zero attached hydrogens (tertiary/aromatic N) is 1. The number of hydrogen-bond acceptors (Lipinski definition) is 5. The molecule has 1 fully saturated rings. The van der Waals surface area contributed by atoms with Crippen molar-refractivity contribution in [2.24, 2.45) is 0 Å². The molecule has 0 saturated carbocycles. The normalized spacial score (nSPS) is 20.9. The molecule has 0 radical (unpaired) electrons. The number of fused-ring (bicyclic) bond motifs is 1.